The Balaban J connectivity index is 2.40. The predicted molar refractivity (Wildman–Crippen MR) is 71.5 cm³/mol. The number of hydrogen-bond donors (Lipinski definition) is 1. The minimum atomic E-state index is 0.608. The fourth-order valence-electron chi connectivity index (χ4n) is 1.53. The summed E-state index contributed by atoms with van der Waals surface area (Å²) in [5.41, 5.74) is 0. The smallest absolute Gasteiger partial charge is 0.118 e. The number of thioether (sulfide) groups is 1. The molecule has 1 aromatic carbocycles. The number of hydrogen-bond acceptors (Lipinski definition) is 3. The Morgan fingerprint density at radius 3 is 2.50 bits per heavy atom. The molecule has 0 fully saturated rings. The number of benzene rings is 1. The molecule has 1 aromatic rings. The third kappa shape index (κ3) is 4.45. The predicted octanol–water partition coefficient (Wildman–Crippen LogP) is 3.18. The van der Waals surface area contributed by atoms with Crippen LogP contribution in [0.2, 0.25) is 0 Å². The molecule has 0 saturated heterocycles. The number of ether oxygens (including phenoxy) is 1. The van der Waals surface area contributed by atoms with Crippen molar-refractivity contribution in [2.75, 3.05) is 19.9 Å². The molecule has 1 rings (SSSR count). The fraction of sp³-hybridized carbons (Fsp3) is 0.538. The lowest BCUT2D eigenvalue weighted by molar-refractivity contribution is 0.414. The summed E-state index contributed by atoms with van der Waals surface area (Å²) in [5, 5.41) is 3.35. The number of nitrogens with one attached hydrogen (secondary N) is 1. The van der Waals surface area contributed by atoms with Gasteiger partial charge in [-0.2, -0.15) is 0 Å². The highest BCUT2D eigenvalue weighted by Gasteiger charge is 2.05. The van der Waals surface area contributed by atoms with Crippen LogP contribution in [0.1, 0.15) is 19.8 Å². The average molecular weight is 239 g/mol. The lowest BCUT2D eigenvalue weighted by Crippen LogP contribution is -2.27. The number of methoxy groups -OCH3 is 1. The van der Waals surface area contributed by atoms with Crippen molar-refractivity contribution in [1.82, 2.24) is 5.32 Å². The monoisotopic (exact) mass is 239 g/mol. The second-order valence-corrected chi connectivity index (χ2v) is 4.85. The molecule has 0 spiro atoms. The van der Waals surface area contributed by atoms with Crippen LogP contribution in [0.25, 0.3) is 0 Å². The minimum absolute atomic E-state index is 0.608. The van der Waals surface area contributed by atoms with Crippen LogP contribution in [0, 0.1) is 0 Å². The Labute approximate surface area is 103 Å². The molecule has 0 bridgehead atoms. The molecule has 1 unspecified atom stereocenters. The van der Waals surface area contributed by atoms with Crippen molar-refractivity contribution in [3.8, 4) is 5.75 Å². The molecule has 90 valence electrons. The van der Waals surface area contributed by atoms with E-state index in [0.29, 0.717) is 6.04 Å². The maximum atomic E-state index is 5.13. The summed E-state index contributed by atoms with van der Waals surface area (Å²) in [5.74, 6) is 2.04. The normalized spacial score (nSPS) is 12.4. The van der Waals surface area contributed by atoms with Crippen molar-refractivity contribution in [3.63, 3.8) is 0 Å². The Morgan fingerprint density at radius 2 is 2.00 bits per heavy atom. The highest BCUT2D eigenvalue weighted by molar-refractivity contribution is 7.99. The summed E-state index contributed by atoms with van der Waals surface area (Å²) in [6.45, 7) is 2.22. The van der Waals surface area contributed by atoms with Crippen LogP contribution in [0.5, 0.6) is 5.75 Å². The molecule has 0 radical (unpaired) electrons. The van der Waals surface area contributed by atoms with Crippen molar-refractivity contribution in [2.24, 2.45) is 0 Å². The Hall–Kier alpha value is -0.670. The van der Waals surface area contributed by atoms with E-state index in [4.69, 9.17) is 4.74 Å². The van der Waals surface area contributed by atoms with Gasteiger partial charge < -0.3 is 10.1 Å². The van der Waals surface area contributed by atoms with Gasteiger partial charge in [-0.05, 0) is 37.7 Å². The van der Waals surface area contributed by atoms with E-state index in [2.05, 4.69) is 24.4 Å². The SMILES string of the molecule is CCCC(CSc1ccc(OC)cc1)NC. The maximum Gasteiger partial charge on any atom is 0.118 e. The first-order valence-corrected chi connectivity index (χ1v) is 6.72. The second-order valence-electron chi connectivity index (χ2n) is 3.76. The highest BCUT2D eigenvalue weighted by Crippen LogP contribution is 2.22. The van der Waals surface area contributed by atoms with Gasteiger partial charge in [0.1, 0.15) is 5.75 Å². The maximum absolute atomic E-state index is 5.13. The van der Waals surface area contributed by atoms with E-state index in [9.17, 15) is 0 Å². The molecule has 0 amide bonds. The van der Waals surface area contributed by atoms with Gasteiger partial charge >= 0.3 is 0 Å². The van der Waals surface area contributed by atoms with Crippen LogP contribution in [0.15, 0.2) is 29.2 Å². The van der Waals surface area contributed by atoms with Crippen molar-refractivity contribution >= 4 is 11.8 Å². The Bertz CT molecular complexity index is 286. The largest absolute Gasteiger partial charge is 0.497 e. The van der Waals surface area contributed by atoms with Crippen LogP contribution in [-0.2, 0) is 0 Å². The minimum Gasteiger partial charge on any atom is -0.497 e. The molecule has 2 nitrogen and oxygen atoms in total. The summed E-state index contributed by atoms with van der Waals surface area (Å²) in [4.78, 5) is 1.30. The molecule has 0 aliphatic heterocycles. The summed E-state index contributed by atoms with van der Waals surface area (Å²) >= 11 is 1.89. The van der Waals surface area contributed by atoms with Crippen molar-refractivity contribution in [1.29, 1.82) is 0 Å². The van der Waals surface area contributed by atoms with Gasteiger partial charge in [0.2, 0.25) is 0 Å². The van der Waals surface area contributed by atoms with Crippen LogP contribution in [-0.4, -0.2) is 26.0 Å². The zero-order chi connectivity index (χ0) is 11.8. The lowest BCUT2D eigenvalue weighted by atomic mass is 10.2. The molecule has 3 heteroatoms. The van der Waals surface area contributed by atoms with Gasteiger partial charge in [0, 0.05) is 16.7 Å². The molecule has 16 heavy (non-hydrogen) atoms. The van der Waals surface area contributed by atoms with Gasteiger partial charge in [-0.15, -0.1) is 11.8 Å². The third-order valence-electron chi connectivity index (χ3n) is 2.56. The van der Waals surface area contributed by atoms with E-state index in [1.54, 1.807) is 7.11 Å². The van der Waals surface area contributed by atoms with E-state index < -0.39 is 0 Å². The highest BCUT2D eigenvalue weighted by atomic mass is 32.2. The summed E-state index contributed by atoms with van der Waals surface area (Å²) in [6.07, 6.45) is 2.47. The Morgan fingerprint density at radius 1 is 1.31 bits per heavy atom. The van der Waals surface area contributed by atoms with E-state index in [0.717, 1.165) is 11.5 Å². The van der Waals surface area contributed by atoms with Gasteiger partial charge in [0.15, 0.2) is 0 Å². The Kier molecular flexibility index (Phi) is 6.34. The van der Waals surface area contributed by atoms with Crippen molar-refractivity contribution in [3.05, 3.63) is 24.3 Å². The van der Waals surface area contributed by atoms with Crippen LogP contribution < -0.4 is 10.1 Å². The summed E-state index contributed by atoms with van der Waals surface area (Å²) in [6, 6.07) is 8.86. The van der Waals surface area contributed by atoms with Crippen LogP contribution >= 0.6 is 11.8 Å². The van der Waals surface area contributed by atoms with Gasteiger partial charge in [-0.25, -0.2) is 0 Å². The van der Waals surface area contributed by atoms with Gasteiger partial charge in [0.25, 0.3) is 0 Å². The van der Waals surface area contributed by atoms with E-state index >= 15 is 0 Å². The van der Waals surface area contributed by atoms with Gasteiger partial charge in [-0.3, -0.25) is 0 Å². The quantitative estimate of drug-likeness (QED) is 0.738. The third-order valence-corrected chi connectivity index (χ3v) is 3.73. The zero-order valence-corrected chi connectivity index (χ0v) is 11.1. The molecule has 0 aromatic heterocycles. The van der Waals surface area contributed by atoms with Crippen LogP contribution in [0.4, 0.5) is 0 Å². The molecule has 1 atom stereocenters. The molecule has 1 N–H and O–H groups in total. The van der Waals surface area contributed by atoms with E-state index in [1.165, 1.54) is 17.7 Å². The first kappa shape index (κ1) is 13.4. The summed E-state index contributed by atoms with van der Waals surface area (Å²) < 4.78 is 5.13. The van der Waals surface area contributed by atoms with E-state index in [1.807, 2.05) is 30.9 Å². The second kappa shape index (κ2) is 7.58. The first-order valence-electron chi connectivity index (χ1n) is 5.74. The fourth-order valence-corrected chi connectivity index (χ4v) is 2.58. The van der Waals surface area contributed by atoms with Gasteiger partial charge in [0.05, 0.1) is 7.11 Å². The molecular formula is C13H21NOS. The standard InChI is InChI=1S/C13H21NOS/c1-4-5-11(14-2)10-16-13-8-6-12(15-3)7-9-13/h6-9,11,14H,4-5,10H2,1-3H3. The molecule has 0 heterocycles. The topological polar surface area (TPSA) is 21.3 Å². The number of rotatable bonds is 7. The lowest BCUT2D eigenvalue weighted by Gasteiger charge is -2.14. The first-order chi connectivity index (χ1) is 7.80. The molecule has 0 saturated carbocycles. The molecule has 0 aliphatic carbocycles. The van der Waals surface area contributed by atoms with Gasteiger partial charge in [-0.1, -0.05) is 13.3 Å². The van der Waals surface area contributed by atoms with E-state index in [-0.39, 0.29) is 0 Å². The van der Waals surface area contributed by atoms with Crippen molar-refractivity contribution < 1.29 is 4.74 Å². The van der Waals surface area contributed by atoms with Crippen LogP contribution in [0.3, 0.4) is 0 Å². The zero-order valence-electron chi connectivity index (χ0n) is 10.3. The molecule has 0 aliphatic rings. The molecular weight excluding hydrogens is 218 g/mol. The van der Waals surface area contributed by atoms with Crippen molar-refractivity contribution in [2.45, 2.75) is 30.7 Å². The average Bonchev–Trinajstić information content (AvgIpc) is 2.35. The summed E-state index contributed by atoms with van der Waals surface area (Å²) in [7, 11) is 3.73.